The van der Waals surface area contributed by atoms with Crippen molar-refractivity contribution in [1.29, 1.82) is 0 Å². The Morgan fingerprint density at radius 3 is 2.16 bits per heavy atom. The van der Waals surface area contributed by atoms with Crippen molar-refractivity contribution in [3.63, 3.8) is 0 Å². The summed E-state index contributed by atoms with van der Waals surface area (Å²) in [5, 5.41) is 30.3. The molecule has 2 rings (SSSR count). The number of benzene rings is 1. The Balaban J connectivity index is 1.85. The highest BCUT2D eigenvalue weighted by molar-refractivity contribution is 5.99. The van der Waals surface area contributed by atoms with Gasteiger partial charge in [-0.15, -0.1) is 0 Å². The largest absolute Gasteiger partial charge is 0.388 e. The van der Waals surface area contributed by atoms with E-state index in [0.29, 0.717) is 24.5 Å². The third kappa shape index (κ3) is 9.71. The predicted octanol–water partition coefficient (Wildman–Crippen LogP) is 1.75. The number of hydrogen-bond acceptors (Lipinski definition) is 9. The van der Waals surface area contributed by atoms with E-state index in [9.17, 15) is 24.9 Å². The summed E-state index contributed by atoms with van der Waals surface area (Å²) in [6, 6.07) is 8.38. The van der Waals surface area contributed by atoms with E-state index in [0.717, 1.165) is 24.0 Å². The zero-order chi connectivity index (χ0) is 27.4. The first-order chi connectivity index (χ1) is 17.7. The molecule has 3 atom stereocenters. The van der Waals surface area contributed by atoms with Gasteiger partial charge in [-0.2, -0.15) is 0 Å². The predicted molar refractivity (Wildman–Crippen MR) is 138 cm³/mol. The van der Waals surface area contributed by atoms with Crippen molar-refractivity contribution in [2.24, 2.45) is 0 Å². The van der Waals surface area contributed by atoms with Gasteiger partial charge in [-0.3, -0.25) is 19.3 Å². The molecular formula is C26H38N4O7. The van der Waals surface area contributed by atoms with Crippen LogP contribution in [0.1, 0.15) is 58.5 Å². The van der Waals surface area contributed by atoms with Crippen LogP contribution in [0.2, 0.25) is 0 Å². The molecule has 1 unspecified atom stereocenters. The van der Waals surface area contributed by atoms with Gasteiger partial charge in [0, 0.05) is 30.4 Å². The van der Waals surface area contributed by atoms with Crippen molar-refractivity contribution >= 4 is 17.6 Å². The van der Waals surface area contributed by atoms with Gasteiger partial charge in [0.15, 0.2) is 0 Å². The van der Waals surface area contributed by atoms with E-state index in [1.54, 1.807) is 36.2 Å². The fourth-order valence-electron chi connectivity index (χ4n) is 3.57. The molecule has 11 heteroatoms. The molecule has 2 amide bonds. The van der Waals surface area contributed by atoms with E-state index in [1.165, 1.54) is 6.07 Å². The molecule has 1 heterocycles. The minimum atomic E-state index is -1.60. The Morgan fingerprint density at radius 2 is 1.54 bits per heavy atom. The number of aromatic nitrogens is 1. The zero-order valence-electron chi connectivity index (χ0n) is 21.8. The van der Waals surface area contributed by atoms with Gasteiger partial charge in [-0.1, -0.05) is 13.8 Å². The summed E-state index contributed by atoms with van der Waals surface area (Å²) >= 11 is 0. The fraction of sp³-hybridized carbons (Fsp3) is 0.500. The average molecular weight is 519 g/mol. The molecule has 0 aliphatic heterocycles. The molecular weight excluding hydrogens is 480 g/mol. The van der Waals surface area contributed by atoms with Crippen molar-refractivity contribution in [2.45, 2.75) is 58.8 Å². The van der Waals surface area contributed by atoms with E-state index in [4.69, 9.17) is 9.68 Å². The maximum Gasteiger partial charge on any atom is 0.274 e. The molecule has 0 aliphatic rings. The molecule has 204 valence electrons. The van der Waals surface area contributed by atoms with Crippen molar-refractivity contribution in [1.82, 2.24) is 15.4 Å². The second-order valence-electron chi connectivity index (χ2n) is 8.88. The monoisotopic (exact) mass is 518 g/mol. The highest BCUT2D eigenvalue weighted by atomic mass is 16.7. The molecule has 0 fully saturated rings. The van der Waals surface area contributed by atoms with Gasteiger partial charge < -0.3 is 20.2 Å². The lowest BCUT2D eigenvalue weighted by molar-refractivity contribution is -0.112. The molecule has 0 saturated carbocycles. The topological polar surface area (TPSA) is 153 Å². The standard InChI is InChI=1S/C26H38N4O7/c1-5-9-30(10-6-2)26(35)20-12-18(4)11-19(14-20)25(34)29-37-16-22(32)24(33)21(31)15-36-28-23-13-17(3)7-8-27-23/h7-8,11-14,21-22,24,31-33H,5-6,9-10,15-16H2,1-4H3,(H,27,28)(H,29,34)/t21?,22-,24+/m0/s1. The Kier molecular flexibility index (Phi) is 12.4. The number of aliphatic hydroxyl groups is 3. The van der Waals surface area contributed by atoms with Crippen LogP contribution in [-0.2, 0) is 9.68 Å². The maximum absolute atomic E-state index is 12.9. The summed E-state index contributed by atoms with van der Waals surface area (Å²) in [5.41, 5.74) is 7.06. The molecule has 0 spiro atoms. The van der Waals surface area contributed by atoms with Crippen LogP contribution in [0.4, 0.5) is 5.82 Å². The Morgan fingerprint density at radius 1 is 0.919 bits per heavy atom. The van der Waals surface area contributed by atoms with Crippen molar-refractivity contribution < 1.29 is 34.6 Å². The summed E-state index contributed by atoms with van der Waals surface area (Å²) in [6.45, 7) is 8.09. The van der Waals surface area contributed by atoms with Gasteiger partial charge in [0.05, 0.1) is 0 Å². The smallest absolute Gasteiger partial charge is 0.274 e. The van der Waals surface area contributed by atoms with Gasteiger partial charge >= 0.3 is 0 Å². The number of pyridine rings is 1. The van der Waals surface area contributed by atoms with E-state index >= 15 is 0 Å². The van der Waals surface area contributed by atoms with E-state index < -0.39 is 30.8 Å². The van der Waals surface area contributed by atoms with Crippen molar-refractivity contribution in [3.05, 3.63) is 58.8 Å². The third-order valence-electron chi connectivity index (χ3n) is 5.41. The molecule has 2 aromatic rings. The fourth-order valence-corrected chi connectivity index (χ4v) is 3.57. The Bertz CT molecular complexity index is 1010. The average Bonchev–Trinajstić information content (AvgIpc) is 2.87. The molecule has 0 saturated heterocycles. The lowest BCUT2D eigenvalue weighted by atomic mass is 10.0. The number of aliphatic hydroxyl groups excluding tert-OH is 3. The lowest BCUT2D eigenvalue weighted by Gasteiger charge is -2.23. The number of carbonyl (C=O) groups excluding carboxylic acids is 2. The minimum Gasteiger partial charge on any atom is -0.388 e. The summed E-state index contributed by atoms with van der Waals surface area (Å²) in [7, 11) is 0. The summed E-state index contributed by atoms with van der Waals surface area (Å²) in [4.78, 5) is 41.5. The molecule has 5 N–H and O–H groups in total. The molecule has 37 heavy (non-hydrogen) atoms. The number of nitrogens with one attached hydrogen (secondary N) is 2. The summed E-state index contributed by atoms with van der Waals surface area (Å²) in [5.74, 6) is -0.335. The third-order valence-corrected chi connectivity index (χ3v) is 5.41. The number of anilines is 1. The Labute approximate surface area is 217 Å². The first-order valence-corrected chi connectivity index (χ1v) is 12.3. The number of rotatable bonds is 15. The molecule has 0 bridgehead atoms. The highest BCUT2D eigenvalue weighted by Gasteiger charge is 2.26. The second-order valence-corrected chi connectivity index (χ2v) is 8.88. The van der Waals surface area contributed by atoms with Gasteiger partial charge in [0.1, 0.15) is 37.3 Å². The number of aryl methyl sites for hydroxylation is 2. The number of nitrogens with zero attached hydrogens (tertiary/aromatic N) is 2. The van der Waals surface area contributed by atoms with Gasteiger partial charge in [-0.05, 0) is 68.1 Å². The van der Waals surface area contributed by atoms with Crippen LogP contribution in [0.5, 0.6) is 0 Å². The van der Waals surface area contributed by atoms with E-state index in [1.807, 2.05) is 26.8 Å². The molecule has 1 aromatic heterocycles. The number of hydrogen-bond donors (Lipinski definition) is 5. The number of amides is 2. The summed E-state index contributed by atoms with van der Waals surface area (Å²) in [6.07, 6.45) is -1.31. The second kappa shape index (κ2) is 15.2. The maximum atomic E-state index is 12.9. The van der Waals surface area contributed by atoms with Gasteiger partial charge in [0.2, 0.25) is 0 Å². The van der Waals surface area contributed by atoms with Crippen LogP contribution in [-0.4, -0.2) is 81.6 Å². The number of carbonyl (C=O) groups is 2. The van der Waals surface area contributed by atoms with Crippen LogP contribution < -0.4 is 11.0 Å². The molecule has 1 aromatic carbocycles. The zero-order valence-corrected chi connectivity index (χ0v) is 21.8. The normalized spacial score (nSPS) is 13.5. The van der Waals surface area contributed by atoms with Crippen molar-refractivity contribution in [3.8, 4) is 0 Å². The minimum absolute atomic E-state index is 0.148. The van der Waals surface area contributed by atoms with Crippen LogP contribution in [0.25, 0.3) is 0 Å². The van der Waals surface area contributed by atoms with Gasteiger partial charge in [-0.25, -0.2) is 15.9 Å². The lowest BCUT2D eigenvalue weighted by Crippen LogP contribution is -2.44. The highest BCUT2D eigenvalue weighted by Crippen LogP contribution is 2.14. The molecule has 0 radical (unpaired) electrons. The Hall–Kier alpha value is -3.09. The van der Waals surface area contributed by atoms with Crippen LogP contribution >= 0.6 is 0 Å². The number of hydroxylamine groups is 1. The quantitative estimate of drug-likeness (QED) is 0.222. The molecule has 0 aliphatic carbocycles. The van der Waals surface area contributed by atoms with Crippen LogP contribution in [0.3, 0.4) is 0 Å². The molecule has 11 nitrogen and oxygen atoms in total. The van der Waals surface area contributed by atoms with Gasteiger partial charge in [0.25, 0.3) is 11.8 Å². The van der Waals surface area contributed by atoms with Crippen LogP contribution in [0.15, 0.2) is 36.5 Å². The first-order valence-electron chi connectivity index (χ1n) is 12.3. The van der Waals surface area contributed by atoms with Crippen molar-refractivity contribution in [2.75, 3.05) is 31.8 Å². The first kappa shape index (κ1) is 30.1. The van der Waals surface area contributed by atoms with E-state index in [-0.39, 0.29) is 18.1 Å². The SMILES string of the molecule is CCCN(CCC)C(=O)c1cc(C)cc(C(=O)NOC[C@H](O)[C@H](O)C(O)CONc2cc(C)ccn2)c1. The summed E-state index contributed by atoms with van der Waals surface area (Å²) < 4.78 is 0. The van der Waals surface area contributed by atoms with E-state index in [2.05, 4.69) is 15.9 Å². The van der Waals surface area contributed by atoms with Crippen LogP contribution in [0, 0.1) is 13.8 Å².